The largest absolute Gasteiger partial charge is 0.396 e. The average Bonchev–Trinajstić information content (AvgIpc) is 2.58. The van der Waals surface area contributed by atoms with Crippen molar-refractivity contribution in [2.24, 2.45) is 0 Å². The number of nitrogens with zero attached hydrogens (tertiary/aromatic N) is 1. The van der Waals surface area contributed by atoms with Crippen molar-refractivity contribution >= 4 is 10.9 Å². The number of aryl methyl sites for hydroxylation is 1. The molecule has 1 aromatic carbocycles. The van der Waals surface area contributed by atoms with Gasteiger partial charge in [0.2, 0.25) is 0 Å². The van der Waals surface area contributed by atoms with Crippen LogP contribution in [0.2, 0.25) is 0 Å². The number of aliphatic hydroxyl groups excluding tert-OH is 1. The molecule has 0 unspecified atom stereocenters. The van der Waals surface area contributed by atoms with Gasteiger partial charge in [-0.3, -0.25) is 0 Å². The van der Waals surface area contributed by atoms with Crippen LogP contribution in [0.5, 0.6) is 0 Å². The molecule has 0 amide bonds. The molecular weight excluding hydrogens is 198 g/mol. The van der Waals surface area contributed by atoms with E-state index in [4.69, 9.17) is 5.11 Å². The Kier molecular flexibility index (Phi) is 3.01. The maximum Gasteiger partial charge on any atom is 0.0487 e. The highest BCUT2D eigenvalue weighted by Gasteiger charge is 2.11. The van der Waals surface area contributed by atoms with Crippen LogP contribution in [-0.4, -0.2) is 16.3 Å². The zero-order valence-electron chi connectivity index (χ0n) is 10.2. The molecule has 0 radical (unpaired) electrons. The lowest BCUT2D eigenvalue weighted by atomic mass is 10.1. The van der Waals surface area contributed by atoms with Gasteiger partial charge in [-0.2, -0.15) is 0 Å². The highest BCUT2D eigenvalue weighted by Crippen LogP contribution is 2.26. The molecule has 16 heavy (non-hydrogen) atoms. The smallest absolute Gasteiger partial charge is 0.0487 e. The quantitative estimate of drug-likeness (QED) is 0.839. The van der Waals surface area contributed by atoms with E-state index >= 15 is 0 Å². The van der Waals surface area contributed by atoms with Crippen LogP contribution >= 0.6 is 0 Å². The lowest BCUT2D eigenvalue weighted by Crippen LogP contribution is -2.06. The van der Waals surface area contributed by atoms with Crippen molar-refractivity contribution in [2.75, 3.05) is 6.61 Å². The highest BCUT2D eigenvalue weighted by atomic mass is 16.3. The minimum Gasteiger partial charge on any atom is -0.396 e. The van der Waals surface area contributed by atoms with Gasteiger partial charge in [-0.1, -0.05) is 12.1 Å². The number of hydrogen-bond acceptors (Lipinski definition) is 1. The van der Waals surface area contributed by atoms with Crippen LogP contribution in [0, 0.1) is 6.92 Å². The summed E-state index contributed by atoms with van der Waals surface area (Å²) < 4.78 is 2.32. The summed E-state index contributed by atoms with van der Waals surface area (Å²) in [6, 6.07) is 9.03. The van der Waals surface area contributed by atoms with E-state index in [1.54, 1.807) is 0 Å². The summed E-state index contributed by atoms with van der Waals surface area (Å²) in [5.41, 5.74) is 3.80. The summed E-state index contributed by atoms with van der Waals surface area (Å²) in [6.45, 7) is 6.71. The molecule has 2 nitrogen and oxygen atoms in total. The Morgan fingerprint density at radius 3 is 2.69 bits per heavy atom. The SMILES string of the molecule is Cc1cccc2c1cc(CCO)n2C(C)C. The topological polar surface area (TPSA) is 25.2 Å². The fourth-order valence-corrected chi connectivity index (χ4v) is 2.37. The number of benzene rings is 1. The normalized spacial score (nSPS) is 11.6. The molecule has 0 bridgehead atoms. The Morgan fingerprint density at radius 1 is 1.31 bits per heavy atom. The van der Waals surface area contributed by atoms with Crippen LogP contribution in [-0.2, 0) is 6.42 Å². The Bertz CT molecular complexity index is 497. The van der Waals surface area contributed by atoms with Gasteiger partial charge in [-0.15, -0.1) is 0 Å². The molecule has 2 rings (SSSR count). The van der Waals surface area contributed by atoms with Crippen LogP contribution in [0.25, 0.3) is 10.9 Å². The monoisotopic (exact) mass is 217 g/mol. The molecule has 0 aliphatic rings. The van der Waals surface area contributed by atoms with Crippen molar-refractivity contribution in [3.8, 4) is 0 Å². The molecule has 1 heterocycles. The third-order valence-electron chi connectivity index (χ3n) is 3.07. The van der Waals surface area contributed by atoms with Crippen molar-refractivity contribution in [1.29, 1.82) is 0 Å². The van der Waals surface area contributed by atoms with Crippen LogP contribution in [0.4, 0.5) is 0 Å². The highest BCUT2D eigenvalue weighted by molar-refractivity contribution is 5.84. The number of rotatable bonds is 3. The molecule has 0 atom stereocenters. The van der Waals surface area contributed by atoms with E-state index in [1.807, 2.05) is 0 Å². The standard InChI is InChI=1S/C14H19NO/c1-10(2)15-12(7-8-16)9-13-11(3)5-4-6-14(13)15/h4-6,9-10,16H,7-8H2,1-3H3. The second-order valence-electron chi connectivity index (χ2n) is 4.58. The van der Waals surface area contributed by atoms with Gasteiger partial charge in [0.05, 0.1) is 0 Å². The lowest BCUT2D eigenvalue weighted by molar-refractivity contribution is 0.296. The van der Waals surface area contributed by atoms with Crippen LogP contribution in [0.15, 0.2) is 24.3 Å². The Balaban J connectivity index is 2.70. The molecule has 1 aromatic heterocycles. The van der Waals surface area contributed by atoms with Gasteiger partial charge in [0, 0.05) is 35.7 Å². The molecule has 0 fully saturated rings. The van der Waals surface area contributed by atoms with Crippen molar-refractivity contribution in [3.05, 3.63) is 35.5 Å². The lowest BCUT2D eigenvalue weighted by Gasteiger charge is -2.14. The first-order chi connectivity index (χ1) is 7.65. The van der Waals surface area contributed by atoms with Crippen molar-refractivity contribution in [1.82, 2.24) is 4.57 Å². The molecule has 2 heteroatoms. The molecule has 1 N–H and O–H groups in total. The van der Waals surface area contributed by atoms with Gasteiger partial charge in [-0.05, 0) is 38.5 Å². The number of aliphatic hydroxyl groups is 1. The van der Waals surface area contributed by atoms with E-state index in [0.29, 0.717) is 6.04 Å². The van der Waals surface area contributed by atoms with Gasteiger partial charge in [0.1, 0.15) is 0 Å². The Morgan fingerprint density at radius 2 is 2.06 bits per heavy atom. The fourth-order valence-electron chi connectivity index (χ4n) is 2.37. The summed E-state index contributed by atoms with van der Waals surface area (Å²) >= 11 is 0. The predicted molar refractivity (Wildman–Crippen MR) is 67.8 cm³/mol. The van der Waals surface area contributed by atoms with E-state index in [9.17, 15) is 0 Å². The Hall–Kier alpha value is -1.28. The summed E-state index contributed by atoms with van der Waals surface area (Å²) in [5.74, 6) is 0. The minimum atomic E-state index is 0.210. The summed E-state index contributed by atoms with van der Waals surface area (Å²) in [4.78, 5) is 0. The van der Waals surface area contributed by atoms with Gasteiger partial charge in [0.25, 0.3) is 0 Å². The van der Waals surface area contributed by atoms with Crippen LogP contribution in [0.1, 0.15) is 31.1 Å². The number of aromatic nitrogens is 1. The molecule has 2 aromatic rings. The number of hydrogen-bond donors (Lipinski definition) is 1. The van der Waals surface area contributed by atoms with Crippen LogP contribution < -0.4 is 0 Å². The molecule has 0 spiro atoms. The van der Waals surface area contributed by atoms with Crippen molar-refractivity contribution in [2.45, 2.75) is 33.2 Å². The third-order valence-corrected chi connectivity index (χ3v) is 3.07. The molecular formula is C14H19NO. The molecule has 0 saturated heterocycles. The predicted octanol–water partition coefficient (Wildman–Crippen LogP) is 3.07. The Labute approximate surface area is 96.5 Å². The average molecular weight is 217 g/mol. The summed E-state index contributed by atoms with van der Waals surface area (Å²) in [5, 5.41) is 10.4. The van der Waals surface area contributed by atoms with Gasteiger partial charge < -0.3 is 9.67 Å². The number of fused-ring (bicyclic) bond motifs is 1. The summed E-state index contributed by atoms with van der Waals surface area (Å²) in [6.07, 6.45) is 0.728. The van der Waals surface area contributed by atoms with Gasteiger partial charge >= 0.3 is 0 Å². The zero-order chi connectivity index (χ0) is 11.7. The van der Waals surface area contributed by atoms with E-state index in [0.717, 1.165) is 6.42 Å². The van der Waals surface area contributed by atoms with Gasteiger partial charge in [0.15, 0.2) is 0 Å². The summed E-state index contributed by atoms with van der Waals surface area (Å²) in [7, 11) is 0. The first-order valence-electron chi connectivity index (χ1n) is 5.85. The second kappa shape index (κ2) is 4.30. The van der Waals surface area contributed by atoms with E-state index in [2.05, 4.69) is 49.6 Å². The zero-order valence-corrected chi connectivity index (χ0v) is 10.2. The van der Waals surface area contributed by atoms with Gasteiger partial charge in [-0.25, -0.2) is 0 Å². The van der Waals surface area contributed by atoms with Crippen molar-refractivity contribution in [3.63, 3.8) is 0 Å². The minimum absolute atomic E-state index is 0.210. The first kappa shape index (κ1) is 11.2. The molecule has 86 valence electrons. The molecule has 0 aliphatic heterocycles. The van der Waals surface area contributed by atoms with Crippen LogP contribution in [0.3, 0.4) is 0 Å². The van der Waals surface area contributed by atoms with E-state index in [-0.39, 0.29) is 6.61 Å². The third kappa shape index (κ3) is 1.74. The fraction of sp³-hybridized carbons (Fsp3) is 0.429. The maximum atomic E-state index is 9.11. The van der Waals surface area contributed by atoms with E-state index < -0.39 is 0 Å². The van der Waals surface area contributed by atoms with E-state index in [1.165, 1.54) is 22.2 Å². The van der Waals surface area contributed by atoms with Crippen molar-refractivity contribution < 1.29 is 5.11 Å². The second-order valence-corrected chi connectivity index (χ2v) is 4.58. The maximum absolute atomic E-state index is 9.11. The first-order valence-corrected chi connectivity index (χ1v) is 5.85. The molecule has 0 aliphatic carbocycles. The molecule has 0 saturated carbocycles.